The third kappa shape index (κ3) is 2.53. The zero-order valence-electron chi connectivity index (χ0n) is 10.9. The molecule has 2 rings (SSSR count). The SMILES string of the molecule is Cc1ccc(C2NC(C)C(=O)N2CC(C)C)s1. The minimum atomic E-state index is -0.0684. The summed E-state index contributed by atoms with van der Waals surface area (Å²) >= 11 is 1.76. The number of nitrogens with one attached hydrogen (secondary N) is 1. The first-order valence-corrected chi connectivity index (χ1v) is 6.93. The van der Waals surface area contributed by atoms with E-state index in [9.17, 15) is 4.79 Å². The van der Waals surface area contributed by atoms with Crippen molar-refractivity contribution in [3.05, 3.63) is 21.9 Å². The minimum Gasteiger partial charge on any atom is -0.320 e. The topological polar surface area (TPSA) is 32.3 Å². The highest BCUT2D eigenvalue weighted by molar-refractivity contribution is 7.12. The Balaban J connectivity index is 2.22. The summed E-state index contributed by atoms with van der Waals surface area (Å²) in [5.74, 6) is 0.712. The van der Waals surface area contributed by atoms with Crippen molar-refractivity contribution in [3.8, 4) is 0 Å². The molecular formula is C13H20N2OS. The molecular weight excluding hydrogens is 232 g/mol. The van der Waals surface area contributed by atoms with Crippen molar-refractivity contribution >= 4 is 17.2 Å². The Hall–Kier alpha value is -0.870. The van der Waals surface area contributed by atoms with Gasteiger partial charge in [0.05, 0.1) is 6.04 Å². The van der Waals surface area contributed by atoms with E-state index in [0.717, 1.165) is 6.54 Å². The van der Waals surface area contributed by atoms with Crippen LogP contribution in [0.5, 0.6) is 0 Å². The average Bonchev–Trinajstić information content (AvgIpc) is 2.77. The van der Waals surface area contributed by atoms with Crippen LogP contribution in [0.15, 0.2) is 12.1 Å². The Morgan fingerprint density at radius 2 is 2.18 bits per heavy atom. The van der Waals surface area contributed by atoms with Crippen LogP contribution in [0.4, 0.5) is 0 Å². The van der Waals surface area contributed by atoms with Crippen LogP contribution in [0.2, 0.25) is 0 Å². The molecule has 2 heterocycles. The first-order valence-electron chi connectivity index (χ1n) is 6.12. The molecule has 1 fully saturated rings. The fourth-order valence-electron chi connectivity index (χ4n) is 2.20. The third-order valence-electron chi connectivity index (χ3n) is 2.97. The number of hydrogen-bond acceptors (Lipinski definition) is 3. The second-order valence-electron chi connectivity index (χ2n) is 5.12. The van der Waals surface area contributed by atoms with Crippen molar-refractivity contribution in [2.24, 2.45) is 5.92 Å². The van der Waals surface area contributed by atoms with E-state index in [1.54, 1.807) is 11.3 Å². The van der Waals surface area contributed by atoms with Crippen LogP contribution in [0.25, 0.3) is 0 Å². The number of amides is 1. The van der Waals surface area contributed by atoms with E-state index in [1.807, 2.05) is 11.8 Å². The molecule has 0 aromatic carbocycles. The molecule has 1 aromatic rings. The van der Waals surface area contributed by atoms with Gasteiger partial charge in [-0.15, -0.1) is 11.3 Å². The van der Waals surface area contributed by atoms with Gasteiger partial charge in [-0.25, -0.2) is 0 Å². The van der Waals surface area contributed by atoms with Crippen LogP contribution < -0.4 is 5.32 Å². The lowest BCUT2D eigenvalue weighted by molar-refractivity contribution is -0.130. The van der Waals surface area contributed by atoms with Gasteiger partial charge in [0, 0.05) is 16.3 Å². The largest absolute Gasteiger partial charge is 0.320 e. The highest BCUT2D eigenvalue weighted by Gasteiger charge is 2.37. The molecule has 1 aliphatic rings. The predicted molar refractivity (Wildman–Crippen MR) is 70.9 cm³/mol. The lowest BCUT2D eigenvalue weighted by Crippen LogP contribution is -2.33. The fraction of sp³-hybridized carbons (Fsp3) is 0.615. The van der Waals surface area contributed by atoms with Crippen LogP contribution in [0.3, 0.4) is 0 Å². The number of carbonyl (C=O) groups excluding carboxylic acids is 1. The van der Waals surface area contributed by atoms with E-state index < -0.39 is 0 Å². The van der Waals surface area contributed by atoms with Crippen molar-refractivity contribution < 1.29 is 4.79 Å². The maximum absolute atomic E-state index is 12.1. The highest BCUT2D eigenvalue weighted by atomic mass is 32.1. The molecule has 4 heteroatoms. The number of aryl methyl sites for hydroxylation is 1. The molecule has 1 N–H and O–H groups in total. The summed E-state index contributed by atoms with van der Waals surface area (Å²) < 4.78 is 0. The van der Waals surface area contributed by atoms with Gasteiger partial charge in [-0.2, -0.15) is 0 Å². The summed E-state index contributed by atoms with van der Waals surface area (Å²) in [5, 5.41) is 3.38. The van der Waals surface area contributed by atoms with Gasteiger partial charge in [-0.05, 0) is 31.9 Å². The molecule has 3 nitrogen and oxygen atoms in total. The summed E-state index contributed by atoms with van der Waals surface area (Å²) in [7, 11) is 0. The summed E-state index contributed by atoms with van der Waals surface area (Å²) in [5.41, 5.74) is 0. The van der Waals surface area contributed by atoms with Gasteiger partial charge in [-0.3, -0.25) is 10.1 Å². The van der Waals surface area contributed by atoms with Crippen LogP contribution in [0.1, 0.15) is 36.7 Å². The van der Waals surface area contributed by atoms with Crippen LogP contribution in [0, 0.1) is 12.8 Å². The van der Waals surface area contributed by atoms with Gasteiger partial charge in [0.1, 0.15) is 6.17 Å². The van der Waals surface area contributed by atoms with Gasteiger partial charge < -0.3 is 4.90 Å². The second kappa shape index (κ2) is 4.78. The normalized spacial score (nSPS) is 25.0. The summed E-state index contributed by atoms with van der Waals surface area (Å²) in [6.45, 7) is 9.15. The fourth-order valence-corrected chi connectivity index (χ4v) is 3.15. The highest BCUT2D eigenvalue weighted by Crippen LogP contribution is 2.30. The molecule has 1 aromatic heterocycles. The molecule has 94 valence electrons. The average molecular weight is 252 g/mol. The van der Waals surface area contributed by atoms with Crippen LogP contribution in [-0.2, 0) is 4.79 Å². The van der Waals surface area contributed by atoms with Crippen LogP contribution >= 0.6 is 11.3 Å². The van der Waals surface area contributed by atoms with E-state index in [4.69, 9.17) is 0 Å². The summed E-state index contributed by atoms with van der Waals surface area (Å²) in [6, 6.07) is 4.17. The Morgan fingerprint density at radius 1 is 1.47 bits per heavy atom. The Kier molecular flexibility index (Phi) is 3.54. The van der Waals surface area contributed by atoms with Crippen molar-refractivity contribution in [1.29, 1.82) is 0 Å². The Morgan fingerprint density at radius 3 is 2.71 bits per heavy atom. The predicted octanol–water partition coefficient (Wildman–Crippen LogP) is 2.53. The zero-order valence-corrected chi connectivity index (χ0v) is 11.7. The maximum atomic E-state index is 12.1. The van der Waals surface area contributed by atoms with Crippen molar-refractivity contribution in [1.82, 2.24) is 10.2 Å². The summed E-state index contributed by atoms with van der Waals surface area (Å²) in [6.07, 6.45) is 0.0681. The van der Waals surface area contributed by atoms with E-state index in [2.05, 4.69) is 38.2 Å². The van der Waals surface area contributed by atoms with Crippen LogP contribution in [-0.4, -0.2) is 23.4 Å². The number of carbonyl (C=O) groups is 1. The summed E-state index contributed by atoms with van der Waals surface area (Å²) in [4.78, 5) is 16.6. The molecule has 2 atom stereocenters. The van der Waals surface area contributed by atoms with E-state index >= 15 is 0 Å². The molecule has 2 unspecified atom stereocenters. The van der Waals surface area contributed by atoms with Gasteiger partial charge >= 0.3 is 0 Å². The smallest absolute Gasteiger partial charge is 0.241 e. The maximum Gasteiger partial charge on any atom is 0.241 e. The third-order valence-corrected chi connectivity index (χ3v) is 4.02. The molecule has 0 radical (unpaired) electrons. The number of nitrogens with zero attached hydrogens (tertiary/aromatic N) is 1. The van der Waals surface area contributed by atoms with Crippen molar-refractivity contribution in [3.63, 3.8) is 0 Å². The Bertz CT molecular complexity index is 413. The van der Waals surface area contributed by atoms with E-state index in [1.165, 1.54) is 9.75 Å². The zero-order chi connectivity index (χ0) is 12.6. The molecule has 17 heavy (non-hydrogen) atoms. The number of hydrogen-bond donors (Lipinski definition) is 1. The second-order valence-corrected chi connectivity index (χ2v) is 6.44. The van der Waals surface area contributed by atoms with Gasteiger partial charge in [0.2, 0.25) is 5.91 Å². The number of thiophene rings is 1. The van der Waals surface area contributed by atoms with Crippen molar-refractivity contribution in [2.75, 3.05) is 6.54 Å². The monoisotopic (exact) mass is 252 g/mol. The molecule has 1 amide bonds. The molecule has 0 bridgehead atoms. The Labute approximate surface area is 107 Å². The molecule has 0 spiro atoms. The first-order chi connectivity index (χ1) is 7.99. The van der Waals surface area contributed by atoms with Gasteiger partial charge in [0.25, 0.3) is 0 Å². The quantitative estimate of drug-likeness (QED) is 0.896. The number of rotatable bonds is 3. The lowest BCUT2D eigenvalue weighted by atomic mass is 10.2. The van der Waals surface area contributed by atoms with Crippen molar-refractivity contribution in [2.45, 2.75) is 39.9 Å². The van der Waals surface area contributed by atoms with E-state index in [0.29, 0.717) is 5.92 Å². The minimum absolute atomic E-state index is 0.0681. The van der Waals surface area contributed by atoms with Gasteiger partial charge in [-0.1, -0.05) is 13.8 Å². The van der Waals surface area contributed by atoms with E-state index in [-0.39, 0.29) is 18.1 Å². The molecule has 0 saturated carbocycles. The lowest BCUT2D eigenvalue weighted by Gasteiger charge is -2.25. The first kappa shape index (κ1) is 12.6. The molecule has 0 aliphatic carbocycles. The molecule has 1 saturated heterocycles. The van der Waals surface area contributed by atoms with Gasteiger partial charge in [0.15, 0.2) is 0 Å². The molecule has 1 aliphatic heterocycles. The standard InChI is InChI=1S/C13H20N2OS/c1-8(2)7-15-12(14-10(4)13(15)16)11-6-5-9(3)17-11/h5-6,8,10,12,14H,7H2,1-4H3.